The maximum absolute atomic E-state index is 8.72. The van der Waals surface area contributed by atoms with Gasteiger partial charge in [0.25, 0.3) is 0 Å². The lowest BCUT2D eigenvalue weighted by atomic mass is 10.0. The van der Waals surface area contributed by atoms with Gasteiger partial charge in [-0.25, -0.2) is 4.98 Å². The molecule has 1 aliphatic heterocycles. The Kier molecular flexibility index (Phi) is 3.16. The molecular weight excluding hydrogens is 180 g/mol. The Labute approximate surface area is 83.3 Å². The third-order valence-corrected chi connectivity index (χ3v) is 2.56. The summed E-state index contributed by atoms with van der Waals surface area (Å²) in [4.78, 5) is 4.33. The lowest BCUT2D eigenvalue weighted by Crippen LogP contribution is -2.26. The second-order valence-electron chi connectivity index (χ2n) is 3.64. The van der Waals surface area contributed by atoms with Crippen LogP contribution in [0.3, 0.4) is 0 Å². The number of hydrogen-bond donors (Lipinski definition) is 2. The first kappa shape index (κ1) is 9.68. The van der Waals surface area contributed by atoms with Crippen LogP contribution in [0.5, 0.6) is 0 Å². The van der Waals surface area contributed by atoms with Crippen LogP contribution in [0.1, 0.15) is 36.9 Å². The highest BCUT2D eigenvalue weighted by molar-refractivity contribution is 5.04. The van der Waals surface area contributed by atoms with Crippen molar-refractivity contribution in [2.24, 2.45) is 0 Å². The van der Waals surface area contributed by atoms with Gasteiger partial charge >= 0.3 is 0 Å². The zero-order valence-corrected chi connectivity index (χ0v) is 8.20. The maximum Gasteiger partial charge on any atom is 0.196 e. The van der Waals surface area contributed by atoms with Gasteiger partial charge < -0.3 is 14.8 Å². The van der Waals surface area contributed by atoms with Gasteiger partial charge in [-0.1, -0.05) is 6.42 Å². The molecule has 4 heteroatoms. The first-order valence-corrected chi connectivity index (χ1v) is 5.18. The van der Waals surface area contributed by atoms with Crippen molar-refractivity contribution in [1.82, 2.24) is 10.3 Å². The zero-order valence-electron chi connectivity index (χ0n) is 8.20. The predicted octanol–water partition coefficient (Wildman–Crippen LogP) is 1.02. The maximum atomic E-state index is 8.72. The van der Waals surface area contributed by atoms with E-state index in [0.29, 0.717) is 18.4 Å². The second kappa shape index (κ2) is 4.57. The smallest absolute Gasteiger partial charge is 0.196 e. The van der Waals surface area contributed by atoms with Crippen LogP contribution in [0.4, 0.5) is 0 Å². The molecular formula is C10H16N2O2. The van der Waals surface area contributed by atoms with Crippen molar-refractivity contribution in [2.45, 2.75) is 31.7 Å². The lowest BCUT2D eigenvalue weighted by molar-refractivity contribution is 0.285. The van der Waals surface area contributed by atoms with Gasteiger partial charge in [-0.05, 0) is 19.4 Å². The molecule has 0 aromatic carbocycles. The van der Waals surface area contributed by atoms with Crippen molar-refractivity contribution in [3.8, 4) is 0 Å². The minimum atomic E-state index is 0.0953. The molecule has 1 unspecified atom stereocenters. The Bertz CT molecular complexity index is 279. The summed E-state index contributed by atoms with van der Waals surface area (Å²) in [5.74, 6) is 0.634. The Morgan fingerprint density at radius 3 is 3.21 bits per heavy atom. The summed E-state index contributed by atoms with van der Waals surface area (Å²) >= 11 is 0. The fourth-order valence-corrected chi connectivity index (χ4v) is 1.80. The van der Waals surface area contributed by atoms with Crippen LogP contribution in [0.25, 0.3) is 0 Å². The molecule has 2 heterocycles. The highest BCUT2D eigenvalue weighted by Gasteiger charge is 2.17. The van der Waals surface area contributed by atoms with E-state index in [1.807, 2.05) is 0 Å². The van der Waals surface area contributed by atoms with Crippen LogP contribution in [0.2, 0.25) is 0 Å². The molecule has 0 radical (unpaired) electrons. The molecule has 1 saturated heterocycles. The van der Waals surface area contributed by atoms with Crippen LogP contribution in [-0.2, 0) is 6.42 Å². The average molecular weight is 196 g/mol. The van der Waals surface area contributed by atoms with Gasteiger partial charge in [0.1, 0.15) is 6.26 Å². The van der Waals surface area contributed by atoms with Crippen molar-refractivity contribution >= 4 is 0 Å². The first-order chi connectivity index (χ1) is 6.90. The topological polar surface area (TPSA) is 58.3 Å². The zero-order chi connectivity index (χ0) is 9.80. The molecule has 1 aliphatic rings. The molecule has 14 heavy (non-hydrogen) atoms. The van der Waals surface area contributed by atoms with Crippen LogP contribution in [0.15, 0.2) is 10.7 Å². The van der Waals surface area contributed by atoms with Gasteiger partial charge in [0, 0.05) is 6.42 Å². The third kappa shape index (κ3) is 2.13. The minimum Gasteiger partial charge on any atom is -0.449 e. The fraction of sp³-hybridized carbons (Fsp3) is 0.700. The summed E-state index contributed by atoms with van der Waals surface area (Å²) in [6, 6.07) is 0.347. The molecule has 1 atom stereocenters. The van der Waals surface area contributed by atoms with Crippen LogP contribution in [0, 0.1) is 0 Å². The number of rotatable bonds is 3. The van der Waals surface area contributed by atoms with Gasteiger partial charge in [-0.3, -0.25) is 0 Å². The standard InChI is InChI=1S/C10H16N2O2/c13-6-4-10-12-9(7-14-10)8-3-1-2-5-11-8/h7-8,11,13H,1-6H2. The highest BCUT2D eigenvalue weighted by Crippen LogP contribution is 2.22. The number of nitrogens with one attached hydrogen (secondary N) is 1. The second-order valence-corrected chi connectivity index (χ2v) is 3.64. The summed E-state index contributed by atoms with van der Waals surface area (Å²) in [7, 11) is 0. The third-order valence-electron chi connectivity index (χ3n) is 2.56. The number of hydrogen-bond acceptors (Lipinski definition) is 4. The Morgan fingerprint density at radius 1 is 1.57 bits per heavy atom. The number of nitrogens with zero attached hydrogens (tertiary/aromatic N) is 1. The minimum absolute atomic E-state index is 0.0953. The van der Waals surface area contributed by atoms with Crippen molar-refractivity contribution in [3.63, 3.8) is 0 Å². The summed E-state index contributed by atoms with van der Waals surface area (Å²) in [5.41, 5.74) is 0.980. The lowest BCUT2D eigenvalue weighted by Gasteiger charge is -2.20. The molecule has 0 spiro atoms. The van der Waals surface area contributed by atoms with Crippen molar-refractivity contribution in [3.05, 3.63) is 17.8 Å². The molecule has 0 bridgehead atoms. The molecule has 0 saturated carbocycles. The fourth-order valence-electron chi connectivity index (χ4n) is 1.80. The van der Waals surface area contributed by atoms with Gasteiger partial charge in [-0.15, -0.1) is 0 Å². The molecule has 1 aromatic heterocycles. The molecule has 2 N–H and O–H groups in total. The molecule has 0 amide bonds. The Balaban J connectivity index is 2.00. The molecule has 78 valence electrons. The molecule has 0 aliphatic carbocycles. The quantitative estimate of drug-likeness (QED) is 0.758. The summed E-state index contributed by atoms with van der Waals surface area (Å²) in [6.45, 7) is 1.16. The van der Waals surface area contributed by atoms with E-state index < -0.39 is 0 Å². The molecule has 1 aromatic rings. The number of oxazole rings is 1. The van der Waals surface area contributed by atoms with Crippen LogP contribution in [-0.4, -0.2) is 23.2 Å². The molecule has 4 nitrogen and oxygen atoms in total. The summed E-state index contributed by atoms with van der Waals surface area (Å²) < 4.78 is 5.25. The van der Waals surface area contributed by atoms with Gasteiger partial charge in [0.05, 0.1) is 18.3 Å². The van der Waals surface area contributed by atoms with Gasteiger partial charge in [0.15, 0.2) is 5.89 Å². The monoisotopic (exact) mass is 196 g/mol. The van der Waals surface area contributed by atoms with Gasteiger partial charge in [0.2, 0.25) is 0 Å². The van der Waals surface area contributed by atoms with Crippen LogP contribution < -0.4 is 5.32 Å². The molecule has 1 fully saturated rings. The van der Waals surface area contributed by atoms with E-state index in [2.05, 4.69) is 10.3 Å². The van der Waals surface area contributed by atoms with E-state index in [1.54, 1.807) is 6.26 Å². The normalized spacial score (nSPS) is 22.5. The predicted molar refractivity (Wildman–Crippen MR) is 51.9 cm³/mol. The van der Waals surface area contributed by atoms with E-state index in [-0.39, 0.29) is 6.61 Å². The van der Waals surface area contributed by atoms with Crippen molar-refractivity contribution in [1.29, 1.82) is 0 Å². The van der Waals surface area contributed by atoms with Crippen LogP contribution >= 0.6 is 0 Å². The van der Waals surface area contributed by atoms with E-state index in [0.717, 1.165) is 18.7 Å². The SMILES string of the molecule is OCCc1nc(C2CCCCN2)co1. The first-order valence-electron chi connectivity index (χ1n) is 5.18. The van der Waals surface area contributed by atoms with Crippen molar-refractivity contribution < 1.29 is 9.52 Å². The summed E-state index contributed by atoms with van der Waals surface area (Å²) in [5, 5.41) is 12.1. The largest absolute Gasteiger partial charge is 0.449 e. The van der Waals surface area contributed by atoms with E-state index in [9.17, 15) is 0 Å². The van der Waals surface area contributed by atoms with E-state index in [1.165, 1.54) is 12.8 Å². The number of aliphatic hydroxyl groups is 1. The Hall–Kier alpha value is -0.870. The number of aliphatic hydroxyl groups excluding tert-OH is 1. The number of aromatic nitrogens is 1. The molecule has 2 rings (SSSR count). The number of piperidine rings is 1. The van der Waals surface area contributed by atoms with Gasteiger partial charge in [-0.2, -0.15) is 0 Å². The Morgan fingerprint density at radius 2 is 2.50 bits per heavy atom. The van der Waals surface area contributed by atoms with Crippen molar-refractivity contribution in [2.75, 3.05) is 13.2 Å². The van der Waals surface area contributed by atoms with E-state index in [4.69, 9.17) is 9.52 Å². The summed E-state index contributed by atoms with van der Waals surface area (Å²) in [6.07, 6.45) is 5.84. The average Bonchev–Trinajstić information content (AvgIpc) is 2.68. The van der Waals surface area contributed by atoms with E-state index >= 15 is 0 Å². The highest BCUT2D eigenvalue weighted by atomic mass is 16.3.